The van der Waals surface area contributed by atoms with Gasteiger partial charge in [-0.3, -0.25) is 9.69 Å². The zero-order valence-electron chi connectivity index (χ0n) is 24.5. The molecule has 4 aromatic rings. The Labute approximate surface area is 248 Å². The number of carbonyl (C=O) groups is 1. The van der Waals surface area contributed by atoms with Crippen LogP contribution in [0.2, 0.25) is 0 Å². The van der Waals surface area contributed by atoms with Crippen molar-refractivity contribution in [3.8, 4) is 0 Å². The van der Waals surface area contributed by atoms with Gasteiger partial charge in [0, 0.05) is 36.2 Å². The minimum Gasteiger partial charge on any atom is -0.392 e. The predicted octanol–water partition coefficient (Wildman–Crippen LogP) is 6.59. The van der Waals surface area contributed by atoms with E-state index in [9.17, 15) is 9.90 Å². The third kappa shape index (κ3) is 7.15. The Morgan fingerprint density at radius 3 is 2.07 bits per heavy atom. The van der Waals surface area contributed by atoms with Gasteiger partial charge in [-0.1, -0.05) is 104 Å². The van der Waals surface area contributed by atoms with Crippen molar-refractivity contribution in [3.05, 3.63) is 143 Å². The lowest BCUT2D eigenvalue weighted by Crippen LogP contribution is -2.44. The quantitative estimate of drug-likeness (QED) is 0.227. The molecule has 1 aliphatic rings. The molecule has 5 rings (SSSR count). The van der Waals surface area contributed by atoms with Gasteiger partial charge in [0.2, 0.25) is 0 Å². The summed E-state index contributed by atoms with van der Waals surface area (Å²) < 4.78 is 13.3. The van der Waals surface area contributed by atoms with Crippen LogP contribution in [0.25, 0.3) is 0 Å². The van der Waals surface area contributed by atoms with Gasteiger partial charge < -0.3 is 19.9 Å². The average Bonchev–Trinajstić information content (AvgIpc) is 3.05. The average molecular weight is 565 g/mol. The highest BCUT2D eigenvalue weighted by molar-refractivity contribution is 5.94. The number of amides is 1. The lowest BCUT2D eigenvalue weighted by molar-refractivity contribution is -0.276. The van der Waals surface area contributed by atoms with Gasteiger partial charge in [-0.2, -0.15) is 0 Å². The van der Waals surface area contributed by atoms with Crippen molar-refractivity contribution in [2.24, 2.45) is 5.92 Å². The van der Waals surface area contributed by atoms with Crippen molar-refractivity contribution in [3.63, 3.8) is 0 Å². The summed E-state index contributed by atoms with van der Waals surface area (Å²) in [6, 6.07) is 36.0. The highest BCUT2D eigenvalue weighted by atomic mass is 16.7. The van der Waals surface area contributed by atoms with Crippen LogP contribution in [0.4, 0.5) is 0 Å². The summed E-state index contributed by atoms with van der Waals surface area (Å²) >= 11 is 0. The van der Waals surface area contributed by atoms with E-state index in [1.54, 1.807) is 12.1 Å². The maximum Gasteiger partial charge on any atom is 0.251 e. The van der Waals surface area contributed by atoms with Crippen LogP contribution in [0.5, 0.6) is 0 Å². The first-order valence-electron chi connectivity index (χ1n) is 14.6. The molecular weight excluding hydrogens is 524 g/mol. The molecule has 1 amide bonds. The normalized spacial score (nSPS) is 21.2. The van der Waals surface area contributed by atoms with Crippen molar-refractivity contribution < 1.29 is 19.4 Å². The van der Waals surface area contributed by atoms with Gasteiger partial charge in [0.05, 0.1) is 18.8 Å². The zero-order valence-corrected chi connectivity index (χ0v) is 24.5. The van der Waals surface area contributed by atoms with E-state index >= 15 is 0 Å². The van der Waals surface area contributed by atoms with Gasteiger partial charge in [-0.25, -0.2) is 0 Å². The third-order valence-corrected chi connectivity index (χ3v) is 8.28. The number of rotatable bonds is 10. The van der Waals surface area contributed by atoms with Crippen LogP contribution in [0, 0.1) is 5.92 Å². The van der Waals surface area contributed by atoms with Crippen molar-refractivity contribution >= 4 is 5.91 Å². The molecule has 0 spiro atoms. The molecule has 5 atom stereocenters. The van der Waals surface area contributed by atoms with Crippen LogP contribution >= 0.6 is 0 Å². The van der Waals surface area contributed by atoms with E-state index in [4.69, 9.17) is 9.47 Å². The van der Waals surface area contributed by atoms with E-state index in [0.717, 1.165) is 28.8 Å². The molecule has 42 heavy (non-hydrogen) atoms. The third-order valence-electron chi connectivity index (χ3n) is 8.28. The Morgan fingerprint density at radius 2 is 1.43 bits per heavy atom. The summed E-state index contributed by atoms with van der Waals surface area (Å²) in [5.74, 6) is -0.00140. The minimum atomic E-state index is -0.540. The zero-order chi connectivity index (χ0) is 29.5. The number of benzene rings is 4. The summed E-state index contributed by atoms with van der Waals surface area (Å²) in [6.45, 7) is 5.59. The number of likely N-dealkylation sites (N-methyl/N-ethyl adjacent to an activating group) is 1. The monoisotopic (exact) mass is 564 g/mol. The molecule has 218 valence electrons. The first-order chi connectivity index (χ1) is 20.4. The summed E-state index contributed by atoms with van der Waals surface area (Å²) in [5.41, 5.74) is 5.78. The molecule has 0 radical (unpaired) electrons. The summed E-state index contributed by atoms with van der Waals surface area (Å²) in [7, 11) is 2.14. The highest BCUT2D eigenvalue weighted by Crippen LogP contribution is 2.42. The predicted molar refractivity (Wildman–Crippen MR) is 165 cm³/mol. The second-order valence-electron chi connectivity index (χ2n) is 11.1. The standard InChI is InChI=1S/C36H40N2O4/c1-25-33(23-38(3)26(2)29-10-6-4-7-11-29)41-36(42-34(25)30-18-16-28(24-39)17-19-30)32-20-14-27(15-21-32)22-37-35(40)31-12-8-5-9-13-31/h4-21,25-26,33-34,36,39H,22-24H2,1-3H3,(H,37,40)/t25-,26-,33+,34+,36+/m0/s1. The number of carbonyl (C=O) groups excluding carboxylic acids is 1. The van der Waals surface area contributed by atoms with Gasteiger partial charge in [0.25, 0.3) is 5.91 Å². The van der Waals surface area contributed by atoms with Gasteiger partial charge in [0.15, 0.2) is 6.29 Å². The maximum absolute atomic E-state index is 12.5. The molecule has 1 fully saturated rings. The number of aliphatic hydroxyl groups excluding tert-OH is 1. The van der Waals surface area contributed by atoms with E-state index in [1.165, 1.54) is 5.56 Å². The Kier molecular flexibility index (Phi) is 9.82. The van der Waals surface area contributed by atoms with Crippen molar-refractivity contribution in [1.29, 1.82) is 0 Å². The van der Waals surface area contributed by atoms with Gasteiger partial charge in [-0.05, 0) is 48.4 Å². The second kappa shape index (κ2) is 13.9. The number of nitrogens with one attached hydrogen (secondary N) is 1. The second-order valence-corrected chi connectivity index (χ2v) is 11.1. The van der Waals surface area contributed by atoms with Crippen molar-refractivity contribution in [1.82, 2.24) is 10.2 Å². The molecule has 0 aromatic heterocycles. The van der Waals surface area contributed by atoms with Crippen LogP contribution in [-0.2, 0) is 22.6 Å². The van der Waals surface area contributed by atoms with Crippen molar-refractivity contribution in [2.45, 2.75) is 51.5 Å². The van der Waals surface area contributed by atoms with E-state index in [-0.39, 0.29) is 36.7 Å². The number of aliphatic hydroxyl groups is 1. The lowest BCUT2D eigenvalue weighted by Gasteiger charge is -2.43. The molecule has 1 aliphatic heterocycles. The first kappa shape index (κ1) is 29.7. The molecular formula is C36H40N2O4. The summed E-state index contributed by atoms with van der Waals surface area (Å²) in [5, 5.41) is 12.5. The van der Waals surface area contributed by atoms with Crippen LogP contribution < -0.4 is 5.32 Å². The molecule has 0 bridgehead atoms. The number of ether oxygens (including phenoxy) is 2. The number of nitrogens with zero attached hydrogens (tertiary/aromatic N) is 1. The van der Waals surface area contributed by atoms with E-state index in [1.807, 2.05) is 72.8 Å². The summed E-state index contributed by atoms with van der Waals surface area (Å²) in [4.78, 5) is 14.8. The SMILES string of the molecule is C[C@H]1[C@@H](CN(C)[C@@H](C)c2ccccc2)O[C@@H](c2ccc(CNC(=O)c3ccccc3)cc2)O[C@H]1c1ccc(CO)cc1. The van der Waals surface area contributed by atoms with Crippen LogP contribution in [-0.4, -0.2) is 35.6 Å². The number of hydrogen-bond donors (Lipinski definition) is 2. The Morgan fingerprint density at radius 1 is 0.833 bits per heavy atom. The van der Waals surface area contributed by atoms with Gasteiger partial charge in [-0.15, -0.1) is 0 Å². The fraction of sp³-hybridized carbons (Fsp3) is 0.306. The smallest absolute Gasteiger partial charge is 0.251 e. The van der Waals surface area contributed by atoms with Gasteiger partial charge in [0.1, 0.15) is 0 Å². The topological polar surface area (TPSA) is 71.0 Å². The van der Waals surface area contributed by atoms with E-state index in [2.05, 4.69) is 55.4 Å². The highest BCUT2D eigenvalue weighted by Gasteiger charge is 2.39. The van der Waals surface area contributed by atoms with Crippen LogP contribution in [0.3, 0.4) is 0 Å². The molecule has 6 heteroatoms. The van der Waals surface area contributed by atoms with E-state index < -0.39 is 6.29 Å². The number of hydrogen-bond acceptors (Lipinski definition) is 5. The molecule has 0 unspecified atom stereocenters. The van der Waals surface area contributed by atoms with E-state index in [0.29, 0.717) is 12.1 Å². The lowest BCUT2D eigenvalue weighted by atomic mass is 9.89. The minimum absolute atomic E-state index is 0.00996. The van der Waals surface area contributed by atoms with Crippen molar-refractivity contribution in [2.75, 3.05) is 13.6 Å². The fourth-order valence-electron chi connectivity index (χ4n) is 5.42. The van der Waals surface area contributed by atoms with Crippen LogP contribution in [0.15, 0.2) is 109 Å². The molecule has 2 N–H and O–H groups in total. The molecule has 1 heterocycles. The molecule has 0 saturated carbocycles. The fourth-order valence-corrected chi connectivity index (χ4v) is 5.42. The molecule has 4 aromatic carbocycles. The Balaban J connectivity index is 1.32. The first-order valence-corrected chi connectivity index (χ1v) is 14.6. The Bertz CT molecular complexity index is 1410. The Hall–Kier alpha value is -3.81. The largest absolute Gasteiger partial charge is 0.392 e. The molecule has 1 saturated heterocycles. The summed E-state index contributed by atoms with van der Waals surface area (Å²) in [6.07, 6.45) is -0.791. The molecule has 6 nitrogen and oxygen atoms in total. The van der Waals surface area contributed by atoms with Crippen LogP contribution in [0.1, 0.15) is 70.5 Å². The maximum atomic E-state index is 12.5. The molecule has 0 aliphatic carbocycles. The van der Waals surface area contributed by atoms with Gasteiger partial charge >= 0.3 is 0 Å².